The summed E-state index contributed by atoms with van der Waals surface area (Å²) in [7, 11) is 0. The number of nitrogens with two attached hydrogens (primary N) is 1. The van der Waals surface area contributed by atoms with Crippen molar-refractivity contribution in [2.45, 2.75) is 39.5 Å². The van der Waals surface area contributed by atoms with Gasteiger partial charge >= 0.3 is 6.18 Å². The van der Waals surface area contributed by atoms with E-state index in [4.69, 9.17) is 5.73 Å². The van der Waals surface area contributed by atoms with Gasteiger partial charge in [-0.2, -0.15) is 13.2 Å². The highest BCUT2D eigenvalue weighted by Crippen LogP contribution is 2.27. The van der Waals surface area contributed by atoms with Crippen molar-refractivity contribution in [2.75, 3.05) is 11.4 Å². The molecule has 0 aliphatic heterocycles. The highest BCUT2D eigenvalue weighted by atomic mass is 19.4. The molecular weight excluding hydrogens is 241 g/mol. The van der Waals surface area contributed by atoms with Gasteiger partial charge in [0.15, 0.2) is 0 Å². The zero-order valence-electron chi connectivity index (χ0n) is 10.9. The molecule has 1 aromatic rings. The molecule has 0 spiro atoms. The monoisotopic (exact) mass is 260 g/mol. The Bertz CT molecular complexity index is 400. The summed E-state index contributed by atoms with van der Waals surface area (Å²) in [6.07, 6.45) is -4.21. The van der Waals surface area contributed by atoms with E-state index in [1.54, 1.807) is 32.9 Å². The lowest BCUT2D eigenvalue weighted by Crippen LogP contribution is -2.39. The van der Waals surface area contributed by atoms with Crippen LogP contribution in [0.15, 0.2) is 18.2 Å². The average Bonchev–Trinajstić information content (AvgIpc) is 2.24. The molecule has 5 heteroatoms. The Balaban J connectivity index is 3.06. The van der Waals surface area contributed by atoms with Crippen LogP contribution in [0.4, 0.5) is 18.9 Å². The van der Waals surface area contributed by atoms with Crippen LogP contribution in [0, 0.1) is 6.92 Å². The van der Waals surface area contributed by atoms with Crippen molar-refractivity contribution in [1.82, 2.24) is 0 Å². The summed E-state index contributed by atoms with van der Waals surface area (Å²) in [4.78, 5) is 1.36. The molecule has 0 amide bonds. The van der Waals surface area contributed by atoms with Gasteiger partial charge in [0.25, 0.3) is 0 Å². The van der Waals surface area contributed by atoms with Gasteiger partial charge < -0.3 is 10.6 Å². The highest BCUT2D eigenvalue weighted by Gasteiger charge is 2.32. The summed E-state index contributed by atoms with van der Waals surface area (Å²) in [6, 6.07) is 5.10. The van der Waals surface area contributed by atoms with Crippen molar-refractivity contribution in [2.24, 2.45) is 5.73 Å². The van der Waals surface area contributed by atoms with Gasteiger partial charge in [-0.15, -0.1) is 0 Å². The molecule has 0 bridgehead atoms. The van der Waals surface area contributed by atoms with E-state index in [0.717, 1.165) is 11.1 Å². The maximum atomic E-state index is 12.6. The number of rotatable bonds is 4. The van der Waals surface area contributed by atoms with Crippen LogP contribution in [-0.4, -0.2) is 18.8 Å². The third-order valence-electron chi connectivity index (χ3n) is 2.78. The lowest BCUT2D eigenvalue weighted by atomic mass is 10.1. The van der Waals surface area contributed by atoms with Crippen molar-refractivity contribution < 1.29 is 13.2 Å². The fourth-order valence-corrected chi connectivity index (χ4v) is 1.91. The number of hydrogen-bond donors (Lipinski definition) is 1. The predicted octanol–water partition coefficient (Wildman–Crippen LogP) is 3.23. The zero-order valence-corrected chi connectivity index (χ0v) is 10.9. The smallest absolute Gasteiger partial charge is 0.360 e. The molecule has 0 fully saturated rings. The van der Waals surface area contributed by atoms with Crippen molar-refractivity contribution in [3.8, 4) is 0 Å². The molecule has 2 N–H and O–H groups in total. The number of anilines is 1. The van der Waals surface area contributed by atoms with E-state index in [1.165, 1.54) is 4.90 Å². The zero-order chi connectivity index (χ0) is 13.9. The molecule has 0 heterocycles. The third-order valence-corrected chi connectivity index (χ3v) is 2.78. The second-order valence-corrected chi connectivity index (χ2v) is 4.66. The first kappa shape index (κ1) is 14.8. The van der Waals surface area contributed by atoms with Gasteiger partial charge in [0.1, 0.15) is 6.54 Å². The number of aryl methyl sites for hydroxylation is 1. The summed E-state index contributed by atoms with van der Waals surface area (Å²) in [6.45, 7) is 4.76. The van der Waals surface area contributed by atoms with Crippen molar-refractivity contribution in [1.29, 1.82) is 0 Å². The molecule has 1 rings (SSSR count). The van der Waals surface area contributed by atoms with Gasteiger partial charge in [-0.25, -0.2) is 0 Å². The largest absolute Gasteiger partial charge is 0.405 e. The first-order chi connectivity index (χ1) is 8.24. The standard InChI is InChI=1S/C13H19F3N2/c1-9(2)18(8-13(14,15)16)12-5-4-11(7-17)6-10(12)3/h4-6,9H,7-8,17H2,1-3H3. The second-order valence-electron chi connectivity index (χ2n) is 4.66. The summed E-state index contributed by atoms with van der Waals surface area (Å²) >= 11 is 0. The van der Waals surface area contributed by atoms with Gasteiger partial charge in [0.2, 0.25) is 0 Å². The number of benzene rings is 1. The molecule has 0 saturated carbocycles. The number of alkyl halides is 3. The molecule has 0 aromatic heterocycles. The minimum atomic E-state index is -4.21. The SMILES string of the molecule is Cc1cc(CN)ccc1N(CC(F)(F)F)C(C)C. The lowest BCUT2D eigenvalue weighted by Gasteiger charge is -2.31. The molecular formula is C13H19F3N2. The van der Waals surface area contributed by atoms with E-state index in [0.29, 0.717) is 12.2 Å². The maximum absolute atomic E-state index is 12.6. The van der Waals surface area contributed by atoms with Crippen LogP contribution in [0.2, 0.25) is 0 Å². The number of nitrogens with zero attached hydrogens (tertiary/aromatic N) is 1. The van der Waals surface area contributed by atoms with Crippen molar-refractivity contribution in [3.05, 3.63) is 29.3 Å². The van der Waals surface area contributed by atoms with E-state index in [1.807, 2.05) is 6.07 Å². The summed E-state index contributed by atoms with van der Waals surface area (Å²) in [5.74, 6) is 0. The Morgan fingerprint density at radius 3 is 2.28 bits per heavy atom. The van der Waals surface area contributed by atoms with Crippen molar-refractivity contribution in [3.63, 3.8) is 0 Å². The quantitative estimate of drug-likeness (QED) is 0.900. The predicted molar refractivity (Wildman–Crippen MR) is 67.6 cm³/mol. The van der Waals surface area contributed by atoms with Crippen LogP contribution < -0.4 is 10.6 Å². The molecule has 0 unspecified atom stereocenters. The summed E-state index contributed by atoms with van der Waals surface area (Å²) < 4.78 is 37.7. The van der Waals surface area contributed by atoms with E-state index in [2.05, 4.69) is 0 Å². The van der Waals surface area contributed by atoms with Gasteiger partial charge in [-0.1, -0.05) is 12.1 Å². The third kappa shape index (κ3) is 3.91. The number of halogens is 3. The van der Waals surface area contributed by atoms with Gasteiger partial charge in [0.05, 0.1) is 0 Å². The molecule has 102 valence electrons. The Kier molecular flexibility index (Phi) is 4.62. The summed E-state index contributed by atoms with van der Waals surface area (Å²) in [5, 5.41) is 0. The Hall–Kier alpha value is -1.23. The molecule has 0 radical (unpaired) electrons. The molecule has 0 saturated heterocycles. The average molecular weight is 260 g/mol. The van der Waals surface area contributed by atoms with E-state index in [-0.39, 0.29) is 6.04 Å². The van der Waals surface area contributed by atoms with Crippen LogP contribution >= 0.6 is 0 Å². The topological polar surface area (TPSA) is 29.3 Å². The van der Waals surface area contributed by atoms with E-state index >= 15 is 0 Å². The molecule has 1 aromatic carbocycles. The summed E-state index contributed by atoms with van der Waals surface area (Å²) in [5.41, 5.74) is 7.86. The lowest BCUT2D eigenvalue weighted by molar-refractivity contribution is -0.120. The Labute approximate surface area is 106 Å². The van der Waals surface area contributed by atoms with Gasteiger partial charge in [-0.3, -0.25) is 0 Å². The molecule has 0 aliphatic carbocycles. The van der Waals surface area contributed by atoms with Gasteiger partial charge in [-0.05, 0) is 38.0 Å². The molecule has 18 heavy (non-hydrogen) atoms. The minimum absolute atomic E-state index is 0.214. The van der Waals surface area contributed by atoms with Gasteiger partial charge in [0, 0.05) is 18.3 Å². The van der Waals surface area contributed by atoms with Crippen LogP contribution in [-0.2, 0) is 6.54 Å². The van der Waals surface area contributed by atoms with Crippen LogP contribution in [0.5, 0.6) is 0 Å². The molecule has 0 atom stereocenters. The molecule has 2 nitrogen and oxygen atoms in total. The van der Waals surface area contributed by atoms with Crippen LogP contribution in [0.1, 0.15) is 25.0 Å². The molecule has 0 aliphatic rings. The first-order valence-corrected chi connectivity index (χ1v) is 5.87. The first-order valence-electron chi connectivity index (χ1n) is 5.87. The fraction of sp³-hybridized carbons (Fsp3) is 0.538. The van der Waals surface area contributed by atoms with Crippen LogP contribution in [0.3, 0.4) is 0 Å². The normalized spacial score (nSPS) is 12.0. The van der Waals surface area contributed by atoms with Crippen LogP contribution in [0.25, 0.3) is 0 Å². The van der Waals surface area contributed by atoms with Crippen molar-refractivity contribution >= 4 is 5.69 Å². The Morgan fingerprint density at radius 1 is 1.28 bits per heavy atom. The van der Waals surface area contributed by atoms with E-state index in [9.17, 15) is 13.2 Å². The fourth-order valence-electron chi connectivity index (χ4n) is 1.91. The maximum Gasteiger partial charge on any atom is 0.405 e. The second kappa shape index (κ2) is 5.61. The Morgan fingerprint density at radius 2 is 1.89 bits per heavy atom. The highest BCUT2D eigenvalue weighted by molar-refractivity contribution is 5.55. The van der Waals surface area contributed by atoms with E-state index < -0.39 is 12.7 Å². The number of hydrogen-bond acceptors (Lipinski definition) is 2. The minimum Gasteiger partial charge on any atom is -0.360 e.